The second kappa shape index (κ2) is 8.77. The minimum Gasteiger partial charge on any atom is -0.496 e. The Morgan fingerprint density at radius 1 is 1.08 bits per heavy atom. The average Bonchev–Trinajstić information content (AvgIpc) is 2.59. The third kappa shape index (κ3) is 5.13. The topological polar surface area (TPSA) is 79.5 Å². The van der Waals surface area contributed by atoms with Crippen molar-refractivity contribution in [2.75, 3.05) is 7.11 Å². The lowest BCUT2D eigenvalue weighted by Crippen LogP contribution is -2.48. The highest BCUT2D eigenvalue weighted by atomic mass is 127. The Kier molecular flexibility index (Phi) is 6.71. The van der Waals surface area contributed by atoms with E-state index in [2.05, 4.69) is 38.8 Å². The predicted octanol–water partition coefficient (Wildman–Crippen LogP) is 2.56. The van der Waals surface area contributed by atoms with Crippen molar-refractivity contribution in [1.29, 1.82) is 0 Å². The van der Waals surface area contributed by atoms with Crippen molar-refractivity contribution in [3.8, 4) is 5.75 Å². The molecule has 0 aliphatic heterocycles. The monoisotopic (exact) mass is 469 g/mol. The number of benzene rings is 2. The van der Waals surface area contributed by atoms with Crippen molar-refractivity contribution < 1.29 is 14.3 Å². The van der Waals surface area contributed by atoms with Crippen LogP contribution < -0.4 is 20.9 Å². The lowest BCUT2D eigenvalue weighted by Gasteiger charge is -2.12. The summed E-state index contributed by atoms with van der Waals surface area (Å²) in [5, 5.41) is 2.52. The minimum atomic E-state index is -0.381. The maximum atomic E-state index is 12.1. The standard InChI is InChI=1S/C17H16IN3O3S/c1-10-5-3-4-6-12(10)16(23)19-17(25)21-20-15(22)11-7-8-14(24-2)13(18)9-11/h3-9H,1-2H3,(H,20,22)(H2,19,21,23,25). The summed E-state index contributed by atoms with van der Waals surface area (Å²) in [6, 6.07) is 12.2. The quantitative estimate of drug-likeness (QED) is 0.366. The van der Waals surface area contributed by atoms with E-state index >= 15 is 0 Å². The summed E-state index contributed by atoms with van der Waals surface area (Å²) in [6.45, 7) is 1.83. The highest BCUT2D eigenvalue weighted by Crippen LogP contribution is 2.21. The lowest BCUT2D eigenvalue weighted by molar-refractivity contribution is 0.0934. The highest BCUT2D eigenvalue weighted by Gasteiger charge is 2.12. The number of hydrogen-bond donors (Lipinski definition) is 3. The molecule has 0 bridgehead atoms. The van der Waals surface area contributed by atoms with Crippen LogP contribution in [0.2, 0.25) is 0 Å². The molecule has 0 spiro atoms. The van der Waals surface area contributed by atoms with Crippen LogP contribution in [-0.2, 0) is 0 Å². The van der Waals surface area contributed by atoms with Gasteiger partial charge in [-0.2, -0.15) is 0 Å². The van der Waals surface area contributed by atoms with Gasteiger partial charge in [-0.3, -0.25) is 25.8 Å². The maximum absolute atomic E-state index is 12.1. The van der Waals surface area contributed by atoms with Crippen molar-refractivity contribution in [1.82, 2.24) is 16.2 Å². The summed E-state index contributed by atoms with van der Waals surface area (Å²) in [6.07, 6.45) is 0. The van der Waals surface area contributed by atoms with E-state index in [9.17, 15) is 9.59 Å². The van der Waals surface area contributed by atoms with Crippen LogP contribution >= 0.6 is 34.8 Å². The van der Waals surface area contributed by atoms with E-state index in [1.807, 2.05) is 19.1 Å². The largest absolute Gasteiger partial charge is 0.496 e. The van der Waals surface area contributed by atoms with Gasteiger partial charge in [0, 0.05) is 11.1 Å². The Balaban J connectivity index is 1.91. The second-order valence-corrected chi connectivity index (χ2v) is 6.60. The molecular weight excluding hydrogens is 453 g/mol. The van der Waals surface area contributed by atoms with Gasteiger partial charge in [0.1, 0.15) is 5.75 Å². The molecule has 3 N–H and O–H groups in total. The Hall–Kier alpha value is -2.20. The van der Waals surface area contributed by atoms with E-state index in [4.69, 9.17) is 17.0 Å². The number of hydrogen-bond acceptors (Lipinski definition) is 4. The van der Waals surface area contributed by atoms with Gasteiger partial charge in [-0.25, -0.2) is 0 Å². The van der Waals surface area contributed by atoms with Gasteiger partial charge in [-0.05, 0) is 71.6 Å². The Morgan fingerprint density at radius 3 is 2.44 bits per heavy atom. The summed E-state index contributed by atoms with van der Waals surface area (Å²) in [5.74, 6) is -0.0389. The number of ether oxygens (including phenoxy) is 1. The summed E-state index contributed by atoms with van der Waals surface area (Å²) >= 11 is 7.11. The van der Waals surface area contributed by atoms with Gasteiger partial charge in [-0.1, -0.05) is 18.2 Å². The normalized spacial score (nSPS) is 9.88. The zero-order valence-corrected chi connectivity index (χ0v) is 16.5. The maximum Gasteiger partial charge on any atom is 0.269 e. The molecule has 0 unspecified atom stereocenters. The van der Waals surface area contributed by atoms with Crippen molar-refractivity contribution in [3.05, 3.63) is 62.7 Å². The van der Waals surface area contributed by atoms with Crippen LogP contribution in [0.3, 0.4) is 0 Å². The zero-order chi connectivity index (χ0) is 18.4. The molecule has 0 aromatic heterocycles. The van der Waals surface area contributed by atoms with Gasteiger partial charge in [0.15, 0.2) is 5.11 Å². The molecule has 0 heterocycles. The molecule has 2 amide bonds. The number of hydrazine groups is 1. The number of thiocarbonyl (C=S) groups is 1. The van der Waals surface area contributed by atoms with E-state index in [-0.39, 0.29) is 16.9 Å². The van der Waals surface area contributed by atoms with Crippen LogP contribution in [0.1, 0.15) is 26.3 Å². The first kappa shape index (κ1) is 19.1. The number of carbonyl (C=O) groups is 2. The first-order chi connectivity index (χ1) is 11.9. The number of aryl methyl sites for hydroxylation is 1. The summed E-state index contributed by atoms with van der Waals surface area (Å²) in [5.41, 5.74) is 6.75. The van der Waals surface area contributed by atoms with Crippen LogP contribution in [0.25, 0.3) is 0 Å². The van der Waals surface area contributed by atoms with E-state index < -0.39 is 0 Å². The predicted molar refractivity (Wildman–Crippen MR) is 108 cm³/mol. The molecule has 0 radical (unpaired) electrons. The van der Waals surface area contributed by atoms with Crippen LogP contribution in [0, 0.1) is 10.5 Å². The average molecular weight is 469 g/mol. The molecule has 0 fully saturated rings. The van der Waals surface area contributed by atoms with Crippen molar-refractivity contribution in [2.24, 2.45) is 0 Å². The molecule has 6 nitrogen and oxygen atoms in total. The fourth-order valence-electron chi connectivity index (χ4n) is 2.02. The molecule has 2 rings (SSSR count). The molecule has 0 aliphatic carbocycles. The molecule has 130 valence electrons. The molecule has 0 saturated heterocycles. The van der Waals surface area contributed by atoms with E-state index in [0.29, 0.717) is 16.9 Å². The SMILES string of the molecule is COc1ccc(C(=O)NNC(=S)NC(=O)c2ccccc2C)cc1I. The molecule has 0 atom stereocenters. The third-order valence-electron chi connectivity index (χ3n) is 3.32. The molecule has 8 heteroatoms. The summed E-state index contributed by atoms with van der Waals surface area (Å²) < 4.78 is 5.96. The Labute approximate surface area is 164 Å². The van der Waals surface area contributed by atoms with Gasteiger partial charge in [0.05, 0.1) is 10.7 Å². The first-order valence-corrected chi connectivity index (χ1v) is 8.72. The van der Waals surface area contributed by atoms with E-state index in [0.717, 1.165) is 9.13 Å². The van der Waals surface area contributed by atoms with Crippen LogP contribution in [0.5, 0.6) is 5.75 Å². The number of amides is 2. The summed E-state index contributed by atoms with van der Waals surface area (Å²) in [4.78, 5) is 24.3. The molecular formula is C17H16IN3O3S. The Morgan fingerprint density at radius 2 is 1.80 bits per heavy atom. The second-order valence-electron chi connectivity index (χ2n) is 5.03. The fraction of sp³-hybridized carbons (Fsp3) is 0.118. The molecule has 0 saturated carbocycles. The number of halogens is 1. The van der Waals surface area contributed by atoms with E-state index in [1.165, 1.54) is 0 Å². The molecule has 2 aromatic rings. The number of nitrogens with one attached hydrogen (secondary N) is 3. The van der Waals surface area contributed by atoms with Crippen LogP contribution in [0.15, 0.2) is 42.5 Å². The van der Waals surface area contributed by atoms with Gasteiger partial charge in [0.2, 0.25) is 0 Å². The first-order valence-electron chi connectivity index (χ1n) is 7.23. The Bertz CT molecular complexity index is 827. The molecule has 25 heavy (non-hydrogen) atoms. The third-order valence-corrected chi connectivity index (χ3v) is 4.37. The van der Waals surface area contributed by atoms with Crippen LogP contribution in [-0.4, -0.2) is 24.0 Å². The van der Waals surface area contributed by atoms with Crippen molar-refractivity contribution in [3.63, 3.8) is 0 Å². The summed E-state index contributed by atoms with van der Waals surface area (Å²) in [7, 11) is 1.56. The van der Waals surface area contributed by atoms with Crippen molar-refractivity contribution >= 4 is 51.7 Å². The number of carbonyl (C=O) groups excluding carboxylic acids is 2. The fourth-order valence-corrected chi connectivity index (χ4v) is 2.90. The molecule has 2 aromatic carbocycles. The molecule has 0 aliphatic rings. The number of rotatable bonds is 3. The van der Waals surface area contributed by atoms with Crippen molar-refractivity contribution in [2.45, 2.75) is 6.92 Å². The van der Waals surface area contributed by atoms with Gasteiger partial charge < -0.3 is 4.74 Å². The van der Waals surface area contributed by atoms with Gasteiger partial charge >= 0.3 is 0 Å². The smallest absolute Gasteiger partial charge is 0.269 e. The van der Waals surface area contributed by atoms with Gasteiger partial charge in [-0.15, -0.1) is 0 Å². The minimum absolute atomic E-state index is 0.00446. The van der Waals surface area contributed by atoms with Crippen LogP contribution in [0.4, 0.5) is 0 Å². The zero-order valence-electron chi connectivity index (χ0n) is 13.6. The number of methoxy groups -OCH3 is 1. The van der Waals surface area contributed by atoms with E-state index in [1.54, 1.807) is 37.4 Å². The highest BCUT2D eigenvalue weighted by molar-refractivity contribution is 14.1. The lowest BCUT2D eigenvalue weighted by atomic mass is 10.1. The van der Waals surface area contributed by atoms with Gasteiger partial charge in [0.25, 0.3) is 11.8 Å².